The minimum absolute atomic E-state index is 0.0264. The number of esters is 1. The molecule has 0 N–H and O–H groups in total. The summed E-state index contributed by atoms with van der Waals surface area (Å²) < 4.78 is 18.9. The Morgan fingerprint density at radius 2 is 2.00 bits per heavy atom. The third kappa shape index (κ3) is 2.22. The molecule has 126 valence electrons. The molecule has 5 nitrogen and oxygen atoms in total. The first-order valence-corrected chi connectivity index (χ1v) is 8.39. The molecular formula is C17H22FNO4. The topological polar surface area (TPSA) is 55.8 Å². The van der Waals surface area contributed by atoms with Crippen molar-refractivity contribution >= 4 is 11.9 Å². The van der Waals surface area contributed by atoms with Gasteiger partial charge in [-0.15, -0.1) is 0 Å². The Morgan fingerprint density at radius 3 is 2.74 bits per heavy atom. The van der Waals surface area contributed by atoms with Gasteiger partial charge in [0.1, 0.15) is 6.17 Å². The minimum Gasteiger partial charge on any atom is -0.452 e. The van der Waals surface area contributed by atoms with E-state index in [4.69, 9.17) is 9.57 Å². The zero-order valence-corrected chi connectivity index (χ0v) is 13.2. The Morgan fingerprint density at radius 1 is 1.26 bits per heavy atom. The molecule has 0 aromatic carbocycles. The summed E-state index contributed by atoms with van der Waals surface area (Å²) in [5.74, 6) is 0.669. The van der Waals surface area contributed by atoms with Gasteiger partial charge in [0, 0.05) is 11.5 Å². The second-order valence-electron chi connectivity index (χ2n) is 7.51. The van der Waals surface area contributed by atoms with Crippen LogP contribution in [0.5, 0.6) is 0 Å². The van der Waals surface area contributed by atoms with Crippen molar-refractivity contribution in [3.05, 3.63) is 12.2 Å². The molecular weight excluding hydrogens is 301 g/mol. The number of hydrogen-bond donors (Lipinski definition) is 0. The Balaban J connectivity index is 1.44. The lowest BCUT2D eigenvalue weighted by Gasteiger charge is -2.33. The molecule has 0 aromatic heterocycles. The van der Waals surface area contributed by atoms with Gasteiger partial charge in [-0.05, 0) is 49.9 Å². The van der Waals surface area contributed by atoms with E-state index in [1.54, 1.807) is 6.92 Å². The van der Waals surface area contributed by atoms with E-state index in [1.807, 2.05) is 0 Å². The van der Waals surface area contributed by atoms with Crippen LogP contribution in [0.1, 0.15) is 26.2 Å². The molecule has 0 spiro atoms. The van der Waals surface area contributed by atoms with Crippen LogP contribution >= 0.6 is 0 Å². The zero-order chi connectivity index (χ0) is 16.3. The highest BCUT2D eigenvalue weighted by atomic mass is 19.1. The summed E-state index contributed by atoms with van der Waals surface area (Å²) >= 11 is 0. The number of fused-ring (bicyclic) bond motifs is 7. The predicted molar refractivity (Wildman–Crippen MR) is 78.6 cm³/mol. The molecule has 0 aromatic rings. The normalized spacial score (nSPS) is 43.4. The summed E-state index contributed by atoms with van der Waals surface area (Å²) in [6.45, 7) is 5.22. The van der Waals surface area contributed by atoms with Crippen LogP contribution in [0.4, 0.5) is 4.39 Å². The van der Waals surface area contributed by atoms with Gasteiger partial charge in [0.25, 0.3) is 5.91 Å². The number of alkyl halides is 1. The van der Waals surface area contributed by atoms with Gasteiger partial charge in [0.2, 0.25) is 0 Å². The number of carbonyl (C=O) groups is 2. The quantitative estimate of drug-likeness (QED) is 0.588. The van der Waals surface area contributed by atoms with Crippen molar-refractivity contribution < 1.29 is 23.6 Å². The van der Waals surface area contributed by atoms with Gasteiger partial charge in [-0.25, -0.2) is 14.2 Å². The van der Waals surface area contributed by atoms with Gasteiger partial charge in [0.15, 0.2) is 6.61 Å². The minimum atomic E-state index is -0.665. The number of hydroxylamine groups is 2. The molecule has 1 aliphatic heterocycles. The van der Waals surface area contributed by atoms with Crippen molar-refractivity contribution in [1.29, 1.82) is 0 Å². The van der Waals surface area contributed by atoms with Crippen molar-refractivity contribution in [1.82, 2.24) is 5.06 Å². The summed E-state index contributed by atoms with van der Waals surface area (Å²) in [6, 6.07) is 0.0264. The number of ether oxygens (including phenoxy) is 1. The van der Waals surface area contributed by atoms with Crippen molar-refractivity contribution in [2.75, 3.05) is 13.2 Å². The van der Waals surface area contributed by atoms with Crippen molar-refractivity contribution in [2.45, 2.75) is 38.4 Å². The second kappa shape index (κ2) is 5.30. The Labute approximate surface area is 134 Å². The fourth-order valence-corrected chi connectivity index (χ4v) is 5.45. The average Bonchev–Trinajstić information content (AvgIpc) is 3.20. The van der Waals surface area contributed by atoms with E-state index in [9.17, 15) is 14.0 Å². The van der Waals surface area contributed by atoms with Gasteiger partial charge in [-0.3, -0.25) is 9.63 Å². The van der Waals surface area contributed by atoms with E-state index in [1.165, 1.54) is 5.06 Å². The highest BCUT2D eigenvalue weighted by molar-refractivity contribution is 5.89. The van der Waals surface area contributed by atoms with Crippen LogP contribution in [0.15, 0.2) is 12.2 Å². The molecule has 4 aliphatic rings. The Hall–Kier alpha value is -1.43. The van der Waals surface area contributed by atoms with E-state index in [0.29, 0.717) is 36.7 Å². The van der Waals surface area contributed by atoms with Gasteiger partial charge in [0.05, 0.1) is 12.6 Å². The maximum atomic E-state index is 14.0. The largest absolute Gasteiger partial charge is 0.452 e. The Bertz CT molecular complexity index is 565. The lowest BCUT2D eigenvalue weighted by molar-refractivity contribution is -0.188. The molecule has 6 heteroatoms. The number of hydrogen-bond acceptors (Lipinski definition) is 4. The lowest BCUT2D eigenvalue weighted by atomic mass is 9.79. The monoisotopic (exact) mass is 323 g/mol. The van der Waals surface area contributed by atoms with Crippen LogP contribution in [0.25, 0.3) is 0 Å². The number of carbonyl (C=O) groups excluding carboxylic acids is 2. The van der Waals surface area contributed by atoms with Crippen LogP contribution in [0.3, 0.4) is 0 Å². The fourth-order valence-electron chi connectivity index (χ4n) is 5.45. The lowest BCUT2D eigenvalue weighted by Crippen LogP contribution is -2.44. The molecule has 2 bridgehead atoms. The van der Waals surface area contributed by atoms with Crippen LogP contribution < -0.4 is 0 Å². The van der Waals surface area contributed by atoms with E-state index in [0.717, 1.165) is 12.8 Å². The Kier molecular flexibility index (Phi) is 3.48. The van der Waals surface area contributed by atoms with E-state index < -0.39 is 12.1 Å². The van der Waals surface area contributed by atoms with Crippen LogP contribution in [0.2, 0.25) is 0 Å². The average molecular weight is 323 g/mol. The number of nitrogens with zero attached hydrogens (tertiary/aromatic N) is 1. The fraction of sp³-hybridized carbons (Fsp3) is 0.765. The number of rotatable bonds is 3. The summed E-state index contributed by atoms with van der Waals surface area (Å²) in [6.07, 6.45) is 1.86. The van der Waals surface area contributed by atoms with Gasteiger partial charge in [-0.2, -0.15) is 0 Å². The molecule has 1 saturated heterocycles. The predicted octanol–water partition coefficient (Wildman–Crippen LogP) is 1.88. The molecule has 1 amide bonds. The van der Waals surface area contributed by atoms with Gasteiger partial charge >= 0.3 is 5.97 Å². The van der Waals surface area contributed by atoms with Gasteiger partial charge in [-0.1, -0.05) is 6.58 Å². The van der Waals surface area contributed by atoms with Gasteiger partial charge < -0.3 is 4.74 Å². The van der Waals surface area contributed by atoms with Crippen molar-refractivity contribution in [2.24, 2.45) is 29.6 Å². The van der Waals surface area contributed by atoms with Crippen molar-refractivity contribution in [3.8, 4) is 0 Å². The molecule has 3 saturated carbocycles. The number of amides is 1. The molecule has 1 heterocycles. The molecule has 23 heavy (non-hydrogen) atoms. The summed E-state index contributed by atoms with van der Waals surface area (Å²) in [4.78, 5) is 29.4. The maximum absolute atomic E-state index is 14.0. The van der Waals surface area contributed by atoms with E-state index in [-0.39, 0.29) is 30.0 Å². The van der Waals surface area contributed by atoms with Crippen LogP contribution in [-0.2, 0) is 19.2 Å². The third-order valence-electron chi connectivity index (χ3n) is 6.23. The third-order valence-corrected chi connectivity index (χ3v) is 6.23. The summed E-state index contributed by atoms with van der Waals surface area (Å²) in [5.41, 5.74) is 0.265. The zero-order valence-electron chi connectivity index (χ0n) is 13.2. The highest BCUT2D eigenvalue weighted by Crippen LogP contribution is 2.62. The first kappa shape index (κ1) is 15.1. The first-order chi connectivity index (χ1) is 11.0. The maximum Gasteiger partial charge on any atom is 0.333 e. The molecule has 7 unspecified atom stereocenters. The molecule has 4 rings (SSSR count). The van der Waals surface area contributed by atoms with Crippen LogP contribution in [0, 0.1) is 29.6 Å². The smallest absolute Gasteiger partial charge is 0.333 e. The van der Waals surface area contributed by atoms with Crippen LogP contribution in [-0.4, -0.2) is 42.4 Å². The van der Waals surface area contributed by atoms with Crippen molar-refractivity contribution in [3.63, 3.8) is 0 Å². The SMILES string of the molecule is C=C(C)C(=O)OCC(=O)N1OCC2CC3C4CC(CC4F)C3C21. The highest BCUT2D eigenvalue weighted by Gasteiger charge is 2.63. The molecule has 0 radical (unpaired) electrons. The summed E-state index contributed by atoms with van der Waals surface area (Å²) in [5, 5.41) is 1.43. The number of halogens is 1. The summed E-state index contributed by atoms with van der Waals surface area (Å²) in [7, 11) is 0. The standard InChI is InChI=1S/C17H22FNO4/c1-8(2)17(21)22-7-14(20)19-16-10(6-23-19)4-12-11-3-9(15(12)16)5-13(11)18/h9-13,15-16H,1,3-7H2,2H3. The van der Waals surface area contributed by atoms with E-state index in [2.05, 4.69) is 6.58 Å². The molecule has 7 atom stereocenters. The molecule has 4 fully saturated rings. The van der Waals surface area contributed by atoms with E-state index >= 15 is 0 Å². The molecule has 3 aliphatic carbocycles. The first-order valence-electron chi connectivity index (χ1n) is 8.39. The second-order valence-corrected chi connectivity index (χ2v) is 7.51.